The molecular weight excluding hydrogens is 206 g/mol. The molecular formula is C11H13NO2Si. The predicted octanol–water partition coefficient (Wildman–Crippen LogP) is 2.71. The second-order valence-corrected chi connectivity index (χ2v) is 9.28. The van der Waals surface area contributed by atoms with E-state index in [2.05, 4.69) is 4.99 Å². The van der Waals surface area contributed by atoms with Gasteiger partial charge in [0.15, 0.2) is 0 Å². The molecule has 0 aliphatic heterocycles. The standard InChI is InChI=1S/C11H13NO2Si/c1-15(2,3)11(14)9-4-6-10(7-5-9)12-8-13/h4-7H,1-3H3. The average Bonchev–Trinajstić information content (AvgIpc) is 2.17. The molecule has 0 unspecified atom stereocenters. The van der Waals surface area contributed by atoms with E-state index in [1.54, 1.807) is 24.3 Å². The second kappa shape index (κ2) is 4.34. The van der Waals surface area contributed by atoms with Gasteiger partial charge >= 0.3 is 0 Å². The zero-order valence-corrected chi connectivity index (χ0v) is 10.1. The van der Waals surface area contributed by atoms with Gasteiger partial charge in [0.25, 0.3) is 0 Å². The van der Waals surface area contributed by atoms with Gasteiger partial charge in [0, 0.05) is 5.56 Å². The van der Waals surface area contributed by atoms with Gasteiger partial charge in [0.2, 0.25) is 6.08 Å². The van der Waals surface area contributed by atoms with Crippen LogP contribution < -0.4 is 0 Å². The highest BCUT2D eigenvalue weighted by Crippen LogP contribution is 2.16. The van der Waals surface area contributed by atoms with Crippen LogP contribution in [0, 0.1) is 0 Å². The van der Waals surface area contributed by atoms with E-state index in [9.17, 15) is 9.59 Å². The van der Waals surface area contributed by atoms with Gasteiger partial charge in [-0.15, -0.1) is 0 Å². The summed E-state index contributed by atoms with van der Waals surface area (Å²) in [5.41, 5.74) is 1.22. The van der Waals surface area contributed by atoms with E-state index < -0.39 is 8.07 Å². The Morgan fingerprint density at radius 1 is 1.20 bits per heavy atom. The van der Waals surface area contributed by atoms with Crippen molar-refractivity contribution in [2.24, 2.45) is 4.99 Å². The van der Waals surface area contributed by atoms with E-state index in [1.807, 2.05) is 19.6 Å². The van der Waals surface area contributed by atoms with Gasteiger partial charge in [-0.2, -0.15) is 4.99 Å². The summed E-state index contributed by atoms with van der Waals surface area (Å²) >= 11 is 0. The Morgan fingerprint density at radius 3 is 2.13 bits per heavy atom. The maximum absolute atomic E-state index is 11.9. The first-order valence-corrected chi connectivity index (χ1v) is 8.18. The molecule has 0 aromatic heterocycles. The van der Waals surface area contributed by atoms with Crippen molar-refractivity contribution in [2.75, 3.05) is 0 Å². The molecule has 0 aliphatic rings. The van der Waals surface area contributed by atoms with Crippen LogP contribution in [0.2, 0.25) is 19.6 Å². The van der Waals surface area contributed by atoms with Gasteiger partial charge in [-0.25, -0.2) is 4.79 Å². The van der Waals surface area contributed by atoms with Crippen LogP contribution in [0.5, 0.6) is 0 Å². The number of benzene rings is 1. The van der Waals surface area contributed by atoms with Crippen LogP contribution in [-0.4, -0.2) is 19.6 Å². The third kappa shape index (κ3) is 2.97. The molecule has 0 heterocycles. The van der Waals surface area contributed by atoms with Gasteiger partial charge in [-0.05, 0) is 24.3 Å². The lowest BCUT2D eigenvalue weighted by molar-refractivity contribution is 0.106. The van der Waals surface area contributed by atoms with Crippen LogP contribution in [0.4, 0.5) is 5.69 Å². The smallest absolute Gasteiger partial charge is 0.240 e. The molecule has 0 saturated carbocycles. The van der Waals surface area contributed by atoms with E-state index >= 15 is 0 Å². The minimum Gasteiger partial charge on any atom is -0.300 e. The van der Waals surface area contributed by atoms with Gasteiger partial charge in [0.1, 0.15) is 13.5 Å². The Morgan fingerprint density at radius 2 is 1.73 bits per heavy atom. The molecule has 1 aromatic rings. The predicted molar refractivity (Wildman–Crippen MR) is 61.9 cm³/mol. The van der Waals surface area contributed by atoms with Crippen molar-refractivity contribution < 1.29 is 9.59 Å². The summed E-state index contributed by atoms with van der Waals surface area (Å²) in [5, 5.41) is 0.212. The summed E-state index contributed by atoms with van der Waals surface area (Å²) in [4.78, 5) is 25.4. The summed E-state index contributed by atoms with van der Waals surface area (Å²) in [5.74, 6) is 0. The maximum Gasteiger partial charge on any atom is 0.240 e. The fourth-order valence-corrected chi connectivity index (χ4v) is 2.21. The quantitative estimate of drug-likeness (QED) is 0.446. The third-order valence-electron chi connectivity index (χ3n) is 1.99. The van der Waals surface area contributed by atoms with Crippen LogP contribution in [0.1, 0.15) is 10.4 Å². The summed E-state index contributed by atoms with van der Waals surface area (Å²) < 4.78 is 0. The lowest BCUT2D eigenvalue weighted by Gasteiger charge is -2.13. The molecule has 0 amide bonds. The largest absolute Gasteiger partial charge is 0.300 e. The summed E-state index contributed by atoms with van der Waals surface area (Å²) in [6, 6.07) is 6.71. The summed E-state index contributed by atoms with van der Waals surface area (Å²) in [6.45, 7) is 6.02. The molecule has 4 heteroatoms. The lowest BCUT2D eigenvalue weighted by Crippen LogP contribution is -2.33. The SMILES string of the molecule is C[Si](C)(C)C(=O)c1ccc(N=C=O)cc1. The van der Waals surface area contributed by atoms with Gasteiger partial charge in [-0.3, -0.25) is 0 Å². The number of carbonyl (C=O) groups is 1. The Bertz CT molecular complexity index is 411. The molecule has 78 valence electrons. The van der Waals surface area contributed by atoms with Crippen molar-refractivity contribution in [3.63, 3.8) is 0 Å². The molecule has 3 nitrogen and oxygen atoms in total. The molecule has 1 aromatic carbocycles. The molecule has 0 spiro atoms. The monoisotopic (exact) mass is 219 g/mol. The van der Waals surface area contributed by atoms with Crippen molar-refractivity contribution in [3.05, 3.63) is 29.8 Å². The zero-order chi connectivity index (χ0) is 11.5. The van der Waals surface area contributed by atoms with Crippen LogP contribution in [0.15, 0.2) is 29.3 Å². The van der Waals surface area contributed by atoms with E-state index in [0.717, 1.165) is 0 Å². The molecule has 0 saturated heterocycles. The summed E-state index contributed by atoms with van der Waals surface area (Å²) in [6.07, 6.45) is 1.46. The number of aliphatic imine (C=N–C) groups is 1. The first-order valence-electron chi connectivity index (χ1n) is 4.68. The molecule has 0 bridgehead atoms. The molecule has 0 atom stereocenters. The highest BCUT2D eigenvalue weighted by molar-refractivity contribution is 7.05. The van der Waals surface area contributed by atoms with Crippen LogP contribution in [0.25, 0.3) is 0 Å². The molecule has 15 heavy (non-hydrogen) atoms. The van der Waals surface area contributed by atoms with E-state index in [4.69, 9.17) is 0 Å². The van der Waals surface area contributed by atoms with Crippen LogP contribution in [-0.2, 0) is 4.79 Å². The summed E-state index contributed by atoms with van der Waals surface area (Å²) in [7, 11) is -1.78. The maximum atomic E-state index is 11.9. The van der Waals surface area contributed by atoms with Gasteiger partial charge in [0.05, 0.1) is 5.69 Å². The minimum atomic E-state index is -1.78. The Kier molecular flexibility index (Phi) is 3.34. The van der Waals surface area contributed by atoms with Gasteiger partial charge in [-0.1, -0.05) is 19.6 Å². The molecule has 0 radical (unpaired) electrons. The Labute approximate surface area is 89.9 Å². The fourth-order valence-electron chi connectivity index (χ4n) is 1.17. The molecule has 0 N–H and O–H groups in total. The van der Waals surface area contributed by atoms with Crippen LogP contribution >= 0.6 is 0 Å². The number of nitrogens with zero attached hydrogens (tertiary/aromatic N) is 1. The highest BCUT2D eigenvalue weighted by Gasteiger charge is 2.25. The lowest BCUT2D eigenvalue weighted by atomic mass is 10.2. The highest BCUT2D eigenvalue weighted by atomic mass is 28.3. The van der Waals surface area contributed by atoms with Crippen molar-refractivity contribution in [1.82, 2.24) is 0 Å². The second-order valence-electron chi connectivity index (χ2n) is 4.33. The van der Waals surface area contributed by atoms with E-state index in [0.29, 0.717) is 11.3 Å². The van der Waals surface area contributed by atoms with Crippen LogP contribution in [0.3, 0.4) is 0 Å². The molecule has 0 aliphatic carbocycles. The Balaban J connectivity index is 2.99. The van der Waals surface area contributed by atoms with Crippen molar-refractivity contribution in [3.8, 4) is 0 Å². The topological polar surface area (TPSA) is 46.5 Å². The molecule has 1 rings (SSSR count). The first kappa shape index (κ1) is 11.6. The van der Waals surface area contributed by atoms with Gasteiger partial charge < -0.3 is 4.79 Å². The Hall–Kier alpha value is -1.51. The third-order valence-corrected chi connectivity index (χ3v) is 3.64. The van der Waals surface area contributed by atoms with Crippen molar-refractivity contribution in [2.45, 2.75) is 19.6 Å². The number of rotatable bonds is 3. The fraction of sp³-hybridized carbons (Fsp3) is 0.273. The van der Waals surface area contributed by atoms with E-state index in [1.165, 1.54) is 6.08 Å². The number of hydrogen-bond donors (Lipinski definition) is 0. The molecule has 0 fully saturated rings. The van der Waals surface area contributed by atoms with E-state index in [-0.39, 0.29) is 5.41 Å². The number of hydrogen-bond acceptors (Lipinski definition) is 3. The van der Waals surface area contributed by atoms with Crippen molar-refractivity contribution >= 4 is 25.2 Å². The number of carbonyl (C=O) groups excluding carboxylic acids is 2. The zero-order valence-electron chi connectivity index (χ0n) is 9.07. The first-order chi connectivity index (χ1) is 6.95. The minimum absolute atomic E-state index is 0.212. The average molecular weight is 219 g/mol. The normalized spacial score (nSPS) is 10.6. The number of isocyanates is 1. The van der Waals surface area contributed by atoms with Crippen molar-refractivity contribution in [1.29, 1.82) is 0 Å².